The van der Waals surface area contributed by atoms with Crippen LogP contribution in [0, 0.1) is 0 Å². The van der Waals surface area contributed by atoms with Crippen LogP contribution in [0.4, 0.5) is 0 Å². The molecule has 1 unspecified atom stereocenters. The van der Waals surface area contributed by atoms with E-state index >= 15 is 0 Å². The van der Waals surface area contributed by atoms with E-state index in [2.05, 4.69) is 0 Å². The van der Waals surface area contributed by atoms with E-state index in [4.69, 9.17) is 19.3 Å². The van der Waals surface area contributed by atoms with Gasteiger partial charge in [-0.2, -0.15) is 0 Å². The van der Waals surface area contributed by atoms with Crippen molar-refractivity contribution in [3.05, 3.63) is 0 Å². The fraction of sp³-hybridized carbons (Fsp3) is 1.00. The zero-order chi connectivity index (χ0) is 10.8. The van der Waals surface area contributed by atoms with Crippen LogP contribution in [-0.4, -0.2) is 48.2 Å². The summed E-state index contributed by atoms with van der Waals surface area (Å²) < 4.78 is 15.7. The summed E-state index contributed by atoms with van der Waals surface area (Å²) in [5.41, 5.74) is 0. The molecule has 3 atom stereocenters. The second-order valence-corrected chi connectivity index (χ2v) is 3.86. The number of hydrogen-bond acceptors (Lipinski definition) is 5. The maximum absolute atomic E-state index is 9.39. The van der Waals surface area contributed by atoms with Gasteiger partial charge in [-0.3, -0.25) is 0 Å². The van der Waals surface area contributed by atoms with Crippen molar-refractivity contribution >= 4 is 0 Å². The monoisotopic (exact) mass is 206 g/mol. The quantitative estimate of drug-likeness (QED) is 0.626. The van der Waals surface area contributed by atoms with Crippen molar-refractivity contribution in [3.63, 3.8) is 0 Å². The highest BCUT2D eigenvalue weighted by molar-refractivity contribution is 4.79. The molecule has 84 valence electrons. The van der Waals surface area contributed by atoms with E-state index in [0.717, 1.165) is 0 Å². The number of hydrogen-bond donors (Lipinski definition) is 2. The predicted molar refractivity (Wildman–Crippen MR) is 48.5 cm³/mol. The summed E-state index contributed by atoms with van der Waals surface area (Å²) in [6, 6.07) is 0. The van der Waals surface area contributed by atoms with E-state index in [0.29, 0.717) is 6.42 Å². The van der Waals surface area contributed by atoms with Crippen LogP contribution in [0.1, 0.15) is 20.3 Å². The minimum Gasteiger partial charge on any atom is -0.394 e. The van der Waals surface area contributed by atoms with Gasteiger partial charge in [0.1, 0.15) is 6.10 Å². The molecule has 0 aromatic rings. The lowest BCUT2D eigenvalue weighted by Crippen LogP contribution is -2.30. The Bertz CT molecular complexity index is 165. The first kappa shape index (κ1) is 11.9. The Hall–Kier alpha value is -0.200. The molecule has 0 aliphatic carbocycles. The molecule has 5 nitrogen and oxygen atoms in total. The normalized spacial score (nSPS) is 33.6. The Morgan fingerprint density at radius 3 is 2.50 bits per heavy atom. The van der Waals surface area contributed by atoms with Crippen molar-refractivity contribution < 1.29 is 24.4 Å². The van der Waals surface area contributed by atoms with E-state index in [1.54, 1.807) is 7.11 Å². The molecule has 0 spiro atoms. The molecule has 1 aliphatic rings. The molecule has 1 aliphatic heterocycles. The molecule has 0 aromatic carbocycles. The fourth-order valence-electron chi connectivity index (χ4n) is 1.49. The molecule has 0 saturated carbocycles. The van der Waals surface area contributed by atoms with Crippen LogP contribution >= 0.6 is 0 Å². The summed E-state index contributed by atoms with van der Waals surface area (Å²) in [6.45, 7) is 2.96. The van der Waals surface area contributed by atoms with Gasteiger partial charge in [-0.05, 0) is 13.8 Å². The molecule has 1 rings (SSSR count). The molecule has 2 N–H and O–H groups in total. The van der Waals surface area contributed by atoms with Crippen molar-refractivity contribution in [2.24, 2.45) is 0 Å². The van der Waals surface area contributed by atoms with Crippen molar-refractivity contribution in [3.8, 4) is 0 Å². The number of rotatable bonds is 4. The van der Waals surface area contributed by atoms with Gasteiger partial charge >= 0.3 is 0 Å². The maximum Gasteiger partial charge on any atom is 0.164 e. The Morgan fingerprint density at radius 2 is 2.14 bits per heavy atom. The van der Waals surface area contributed by atoms with Gasteiger partial charge in [0.15, 0.2) is 12.1 Å². The van der Waals surface area contributed by atoms with Crippen molar-refractivity contribution in [1.82, 2.24) is 0 Å². The Kier molecular flexibility index (Phi) is 3.86. The summed E-state index contributed by atoms with van der Waals surface area (Å²) >= 11 is 0. The van der Waals surface area contributed by atoms with Crippen LogP contribution in [0.5, 0.6) is 0 Å². The summed E-state index contributed by atoms with van der Waals surface area (Å²) in [7, 11) is 1.56. The average Bonchev–Trinajstić information content (AvgIpc) is 2.43. The van der Waals surface area contributed by atoms with Gasteiger partial charge in [0, 0.05) is 13.5 Å². The lowest BCUT2D eigenvalue weighted by Gasteiger charge is -2.22. The van der Waals surface area contributed by atoms with Gasteiger partial charge in [0.25, 0.3) is 0 Å². The van der Waals surface area contributed by atoms with E-state index < -0.39 is 12.1 Å². The van der Waals surface area contributed by atoms with Crippen LogP contribution < -0.4 is 0 Å². The maximum atomic E-state index is 9.39. The molecule has 0 amide bonds. The standard InChI is InChI=1S/C9H18O5/c1-9(2,11)14-8-4-6(12-3)7(5-10)13-8/h6-8,10-11H,4-5H2,1-3H3/t6?,7-,8+/m1/s1. The van der Waals surface area contributed by atoms with E-state index in [1.165, 1.54) is 13.8 Å². The van der Waals surface area contributed by atoms with E-state index in [-0.39, 0.29) is 18.8 Å². The fourth-order valence-corrected chi connectivity index (χ4v) is 1.49. The SMILES string of the molecule is COC1C[C@H](OC(C)(C)O)O[C@@H]1CO. The minimum absolute atomic E-state index is 0.107. The molecule has 1 saturated heterocycles. The highest BCUT2D eigenvalue weighted by Crippen LogP contribution is 2.26. The lowest BCUT2D eigenvalue weighted by atomic mass is 10.2. The zero-order valence-corrected chi connectivity index (χ0v) is 8.77. The van der Waals surface area contributed by atoms with Gasteiger partial charge in [-0.15, -0.1) is 0 Å². The van der Waals surface area contributed by atoms with Crippen molar-refractivity contribution in [1.29, 1.82) is 0 Å². The molecule has 0 radical (unpaired) electrons. The van der Waals surface area contributed by atoms with Gasteiger partial charge in [0.2, 0.25) is 0 Å². The third kappa shape index (κ3) is 3.18. The Labute approximate surface area is 83.6 Å². The highest BCUT2D eigenvalue weighted by atomic mass is 16.8. The van der Waals surface area contributed by atoms with Crippen LogP contribution in [-0.2, 0) is 14.2 Å². The van der Waals surface area contributed by atoms with Crippen LogP contribution in [0.25, 0.3) is 0 Å². The third-order valence-corrected chi connectivity index (χ3v) is 2.07. The Morgan fingerprint density at radius 1 is 1.50 bits per heavy atom. The summed E-state index contributed by atoms with van der Waals surface area (Å²) in [4.78, 5) is 0. The van der Waals surface area contributed by atoms with E-state index in [9.17, 15) is 5.11 Å². The molecule has 14 heavy (non-hydrogen) atoms. The van der Waals surface area contributed by atoms with Crippen LogP contribution in [0.15, 0.2) is 0 Å². The van der Waals surface area contributed by atoms with Crippen molar-refractivity contribution in [2.75, 3.05) is 13.7 Å². The zero-order valence-electron chi connectivity index (χ0n) is 8.77. The molecule has 0 aromatic heterocycles. The first-order valence-corrected chi connectivity index (χ1v) is 4.65. The first-order valence-electron chi connectivity index (χ1n) is 4.65. The summed E-state index contributed by atoms with van der Waals surface area (Å²) in [5.74, 6) is -1.23. The average molecular weight is 206 g/mol. The number of methoxy groups -OCH3 is 1. The largest absolute Gasteiger partial charge is 0.394 e. The second kappa shape index (κ2) is 4.55. The Balaban J connectivity index is 2.45. The predicted octanol–water partition coefficient (Wildman–Crippen LogP) is -0.146. The minimum atomic E-state index is -1.23. The number of aliphatic hydroxyl groups is 2. The molecule has 1 fully saturated rings. The lowest BCUT2D eigenvalue weighted by molar-refractivity contribution is -0.270. The highest BCUT2D eigenvalue weighted by Gasteiger charge is 2.37. The van der Waals surface area contributed by atoms with Crippen LogP contribution in [0.3, 0.4) is 0 Å². The smallest absolute Gasteiger partial charge is 0.164 e. The van der Waals surface area contributed by atoms with Gasteiger partial charge in [0.05, 0.1) is 12.7 Å². The second-order valence-electron chi connectivity index (χ2n) is 3.86. The van der Waals surface area contributed by atoms with E-state index in [1.807, 2.05) is 0 Å². The van der Waals surface area contributed by atoms with Crippen molar-refractivity contribution in [2.45, 2.75) is 44.6 Å². The molecular weight excluding hydrogens is 188 g/mol. The summed E-state index contributed by atoms with van der Waals surface area (Å²) in [5, 5.41) is 18.4. The molecule has 1 heterocycles. The molecule has 0 bridgehead atoms. The third-order valence-electron chi connectivity index (χ3n) is 2.07. The topological polar surface area (TPSA) is 68.2 Å². The van der Waals surface area contributed by atoms with Gasteiger partial charge < -0.3 is 24.4 Å². The van der Waals surface area contributed by atoms with Gasteiger partial charge in [-0.25, -0.2) is 0 Å². The number of ether oxygens (including phenoxy) is 3. The summed E-state index contributed by atoms with van der Waals surface area (Å²) in [6.07, 6.45) is -0.539. The van der Waals surface area contributed by atoms with Crippen LogP contribution in [0.2, 0.25) is 0 Å². The first-order chi connectivity index (χ1) is 6.46. The molecule has 5 heteroatoms. The molecular formula is C9H18O5. The van der Waals surface area contributed by atoms with Gasteiger partial charge in [-0.1, -0.05) is 0 Å². The number of aliphatic hydroxyl groups excluding tert-OH is 1.